The second kappa shape index (κ2) is 6.75. The van der Waals surface area contributed by atoms with Gasteiger partial charge in [0.05, 0.1) is 0 Å². The van der Waals surface area contributed by atoms with E-state index in [0.29, 0.717) is 0 Å². The van der Waals surface area contributed by atoms with Gasteiger partial charge in [-0.25, -0.2) is 0 Å². The van der Waals surface area contributed by atoms with E-state index in [2.05, 4.69) is 9.47 Å². The minimum absolute atomic E-state index is 0.108. The van der Waals surface area contributed by atoms with Crippen LogP contribution in [0.4, 0.5) is 26.3 Å². The third-order valence-electron chi connectivity index (χ3n) is 2.25. The van der Waals surface area contributed by atoms with Crippen LogP contribution in [0.2, 0.25) is 0 Å². The Balaban J connectivity index is 2.96. The number of hydrogen-bond acceptors (Lipinski definition) is 3. The number of aliphatic carboxylic acids is 1. The van der Waals surface area contributed by atoms with E-state index in [1.807, 2.05) is 0 Å². The molecule has 0 radical (unpaired) electrons. The molecule has 0 saturated carbocycles. The molecule has 1 aromatic carbocycles. The molecule has 0 bridgehead atoms. The molecule has 0 saturated heterocycles. The summed E-state index contributed by atoms with van der Waals surface area (Å²) in [5.41, 5.74) is 0.154. The number of alkyl halides is 6. The summed E-state index contributed by atoms with van der Waals surface area (Å²) in [6.45, 7) is -1.78. The molecule has 0 aliphatic rings. The normalized spacial score (nSPS) is 12.1. The van der Waals surface area contributed by atoms with Crippen LogP contribution in [0, 0.1) is 0 Å². The van der Waals surface area contributed by atoms with E-state index < -0.39 is 36.6 Å². The number of carboxylic acid groups (broad SMARTS) is 1. The van der Waals surface area contributed by atoms with Crippen molar-refractivity contribution in [2.45, 2.75) is 25.4 Å². The molecule has 0 aromatic heterocycles. The SMILES string of the molecule is O=C(O)CCc1ccc(OCC(F)(F)F)c(OC(F)(F)F)c1. The maximum Gasteiger partial charge on any atom is 0.573 e. The zero-order chi connectivity index (χ0) is 17.0. The van der Waals surface area contributed by atoms with Crippen LogP contribution in [0.1, 0.15) is 12.0 Å². The lowest BCUT2D eigenvalue weighted by molar-refractivity contribution is -0.275. The highest BCUT2D eigenvalue weighted by Crippen LogP contribution is 2.34. The molecule has 0 fully saturated rings. The average molecular weight is 332 g/mol. The Morgan fingerprint density at radius 2 is 1.73 bits per heavy atom. The predicted octanol–water partition coefficient (Wildman–Crippen LogP) is 3.54. The first kappa shape index (κ1) is 17.9. The number of hydrogen-bond donors (Lipinski definition) is 1. The Morgan fingerprint density at radius 3 is 2.23 bits per heavy atom. The van der Waals surface area contributed by atoms with Gasteiger partial charge in [-0.3, -0.25) is 4.79 Å². The van der Waals surface area contributed by atoms with E-state index >= 15 is 0 Å². The fourth-order valence-corrected chi connectivity index (χ4v) is 1.44. The molecular weight excluding hydrogens is 322 g/mol. The quantitative estimate of drug-likeness (QED) is 0.810. The van der Waals surface area contributed by atoms with Crippen LogP contribution in [0.3, 0.4) is 0 Å². The van der Waals surface area contributed by atoms with Gasteiger partial charge in [-0.15, -0.1) is 13.2 Å². The van der Waals surface area contributed by atoms with Gasteiger partial charge >= 0.3 is 18.5 Å². The zero-order valence-electron chi connectivity index (χ0n) is 10.8. The molecule has 0 aliphatic heterocycles. The molecule has 124 valence electrons. The molecule has 0 heterocycles. The van der Waals surface area contributed by atoms with Crippen molar-refractivity contribution in [1.29, 1.82) is 0 Å². The van der Waals surface area contributed by atoms with Crippen molar-refractivity contribution in [3.63, 3.8) is 0 Å². The Hall–Kier alpha value is -2.13. The summed E-state index contributed by atoms with van der Waals surface area (Å²) in [5, 5.41) is 8.50. The minimum atomic E-state index is -5.12. The molecule has 0 atom stereocenters. The summed E-state index contributed by atoms with van der Waals surface area (Å²) in [4.78, 5) is 10.4. The van der Waals surface area contributed by atoms with Gasteiger partial charge in [-0.05, 0) is 24.1 Å². The van der Waals surface area contributed by atoms with Crippen LogP contribution in [-0.2, 0) is 11.2 Å². The molecule has 22 heavy (non-hydrogen) atoms. The first-order valence-corrected chi connectivity index (χ1v) is 5.76. The van der Waals surface area contributed by atoms with Gasteiger partial charge < -0.3 is 14.6 Å². The fourth-order valence-electron chi connectivity index (χ4n) is 1.44. The van der Waals surface area contributed by atoms with Crippen molar-refractivity contribution in [3.8, 4) is 11.5 Å². The van der Waals surface area contributed by atoms with Crippen LogP contribution < -0.4 is 9.47 Å². The molecule has 10 heteroatoms. The van der Waals surface area contributed by atoms with Crippen LogP contribution in [0.25, 0.3) is 0 Å². The second-order valence-electron chi connectivity index (χ2n) is 4.13. The third-order valence-corrected chi connectivity index (χ3v) is 2.25. The van der Waals surface area contributed by atoms with Gasteiger partial charge in [0.2, 0.25) is 0 Å². The summed E-state index contributed by atoms with van der Waals surface area (Å²) in [6, 6.07) is 2.82. The predicted molar refractivity (Wildman–Crippen MR) is 60.6 cm³/mol. The van der Waals surface area contributed by atoms with Gasteiger partial charge in [-0.2, -0.15) is 13.2 Å². The van der Waals surface area contributed by atoms with Gasteiger partial charge in [-0.1, -0.05) is 6.07 Å². The zero-order valence-corrected chi connectivity index (χ0v) is 10.8. The van der Waals surface area contributed by atoms with Crippen molar-refractivity contribution >= 4 is 5.97 Å². The van der Waals surface area contributed by atoms with E-state index in [1.54, 1.807) is 0 Å². The van der Waals surface area contributed by atoms with Crippen molar-refractivity contribution in [3.05, 3.63) is 23.8 Å². The van der Waals surface area contributed by atoms with Crippen molar-refractivity contribution in [1.82, 2.24) is 0 Å². The van der Waals surface area contributed by atoms with Gasteiger partial charge in [0, 0.05) is 6.42 Å². The smallest absolute Gasteiger partial charge is 0.481 e. The maximum atomic E-state index is 12.2. The Bertz CT molecular complexity index is 523. The van der Waals surface area contributed by atoms with Crippen LogP contribution >= 0.6 is 0 Å². The summed E-state index contributed by atoms with van der Waals surface area (Å²) in [7, 11) is 0. The van der Waals surface area contributed by atoms with Crippen molar-refractivity contribution < 1.29 is 45.7 Å². The van der Waals surface area contributed by atoms with E-state index in [4.69, 9.17) is 5.11 Å². The van der Waals surface area contributed by atoms with Gasteiger partial charge in [0.25, 0.3) is 0 Å². The highest BCUT2D eigenvalue weighted by molar-refractivity contribution is 5.67. The first-order chi connectivity index (χ1) is 9.96. The molecule has 0 aliphatic carbocycles. The van der Waals surface area contributed by atoms with E-state index in [1.165, 1.54) is 0 Å². The standard InChI is InChI=1S/C12H10F6O4/c13-11(14,15)6-21-8-3-1-7(2-4-10(19)20)5-9(8)22-12(16,17)18/h1,3,5H,2,4,6H2,(H,19,20). The van der Waals surface area contributed by atoms with E-state index in [-0.39, 0.29) is 18.4 Å². The Morgan fingerprint density at radius 1 is 1.09 bits per heavy atom. The highest BCUT2D eigenvalue weighted by Gasteiger charge is 2.34. The lowest BCUT2D eigenvalue weighted by Crippen LogP contribution is -2.21. The summed E-state index contributed by atoms with van der Waals surface area (Å²) in [6.07, 6.45) is -10.3. The molecule has 0 spiro atoms. The third kappa shape index (κ3) is 7.04. The number of ether oxygens (including phenoxy) is 2. The molecule has 1 rings (SSSR count). The molecule has 1 aromatic rings. The number of aryl methyl sites for hydroxylation is 1. The van der Waals surface area contributed by atoms with Crippen molar-refractivity contribution in [2.75, 3.05) is 6.61 Å². The number of carbonyl (C=O) groups is 1. The Labute approximate surface area is 120 Å². The topological polar surface area (TPSA) is 55.8 Å². The van der Waals surface area contributed by atoms with Gasteiger partial charge in [0.1, 0.15) is 0 Å². The highest BCUT2D eigenvalue weighted by atomic mass is 19.4. The largest absolute Gasteiger partial charge is 0.573 e. The fraction of sp³-hybridized carbons (Fsp3) is 0.417. The number of halogens is 6. The van der Waals surface area contributed by atoms with E-state index in [0.717, 1.165) is 18.2 Å². The van der Waals surface area contributed by atoms with E-state index in [9.17, 15) is 31.1 Å². The van der Waals surface area contributed by atoms with Crippen LogP contribution in [-0.4, -0.2) is 30.2 Å². The molecule has 1 N–H and O–H groups in total. The Kier molecular flexibility index (Phi) is 5.50. The number of benzene rings is 1. The molecule has 0 unspecified atom stereocenters. The monoisotopic (exact) mass is 332 g/mol. The second-order valence-corrected chi connectivity index (χ2v) is 4.13. The summed E-state index contributed by atoms with van der Waals surface area (Å²) < 4.78 is 80.7. The summed E-state index contributed by atoms with van der Waals surface area (Å²) >= 11 is 0. The summed E-state index contributed by atoms with van der Waals surface area (Å²) in [5.74, 6) is -2.87. The van der Waals surface area contributed by atoms with Crippen LogP contribution in [0.15, 0.2) is 18.2 Å². The molecule has 4 nitrogen and oxygen atoms in total. The average Bonchev–Trinajstić information content (AvgIpc) is 2.32. The van der Waals surface area contributed by atoms with Crippen LogP contribution in [0.5, 0.6) is 11.5 Å². The number of rotatable bonds is 6. The maximum absolute atomic E-state index is 12.2. The first-order valence-electron chi connectivity index (χ1n) is 5.76. The number of carboxylic acids is 1. The molecular formula is C12H10F6O4. The van der Waals surface area contributed by atoms with Crippen molar-refractivity contribution in [2.24, 2.45) is 0 Å². The lowest BCUT2D eigenvalue weighted by Gasteiger charge is -2.16. The van der Waals surface area contributed by atoms with Gasteiger partial charge in [0.15, 0.2) is 18.1 Å². The molecule has 0 amide bonds. The minimum Gasteiger partial charge on any atom is -0.481 e. The lowest BCUT2D eigenvalue weighted by atomic mass is 10.1.